The van der Waals surface area contributed by atoms with E-state index in [0.717, 1.165) is 35.0 Å². The Morgan fingerprint density at radius 2 is 1.37 bits per heavy atom. The van der Waals surface area contributed by atoms with Crippen molar-refractivity contribution in [1.82, 2.24) is 40.3 Å². The number of H-pyrrole nitrogens is 1. The number of fused-ring (bicyclic) bond motifs is 5. The van der Waals surface area contributed by atoms with Crippen LogP contribution >= 0.6 is 0 Å². The molecule has 0 radical (unpaired) electrons. The molecule has 1 saturated carbocycles. The van der Waals surface area contributed by atoms with Gasteiger partial charge in [-0.3, -0.25) is 19.2 Å². The van der Waals surface area contributed by atoms with Gasteiger partial charge in [-0.15, -0.1) is 0 Å². The molecule has 1 aromatic carbocycles. The third-order valence-corrected chi connectivity index (χ3v) is 23.0. The number of carbonyl (C=O) groups is 6. The van der Waals surface area contributed by atoms with Crippen LogP contribution in [0.1, 0.15) is 145 Å². The van der Waals surface area contributed by atoms with Crippen molar-refractivity contribution in [3.8, 4) is 17.1 Å². The van der Waals surface area contributed by atoms with Crippen molar-refractivity contribution in [3.05, 3.63) is 78.2 Å². The number of ketones is 2. The molecule has 3 aliphatic heterocycles. The molecular weight excluding hydrogens is 1570 g/mol. The van der Waals surface area contributed by atoms with E-state index >= 15 is 0 Å². The minimum Gasteiger partial charge on any atom is -0.508 e. The quantitative estimate of drug-likeness (QED) is 0.00896. The minimum absolute atomic E-state index is 0.00549. The highest BCUT2D eigenvalue weighted by molar-refractivity contribution is 6.39. The van der Waals surface area contributed by atoms with Gasteiger partial charge in [-0.25, -0.2) is 24.2 Å². The fourth-order valence-corrected chi connectivity index (χ4v) is 15.9. The number of unbranched alkanes of at least 4 members (excludes halogenated alkanes) is 1. The lowest BCUT2D eigenvalue weighted by Crippen LogP contribution is -2.61. The third-order valence-electron chi connectivity index (χ3n) is 23.0. The molecule has 3 aromatic heterocycles. The number of rotatable bonds is 40. The molecule has 6 heterocycles. The van der Waals surface area contributed by atoms with Crippen molar-refractivity contribution < 1.29 is 116 Å². The molecule has 676 valence electrons. The topological polar surface area (TPSA) is 425 Å². The normalized spacial score (nSPS) is 27.8. The Kier molecular flexibility index (Phi) is 42.6. The van der Waals surface area contributed by atoms with Crippen LogP contribution in [-0.2, 0) is 96.8 Å². The maximum atomic E-state index is 14.8. The molecule has 8 rings (SSSR count). The predicted molar refractivity (Wildman–Crippen MR) is 451 cm³/mol. The number of esters is 1. The number of aliphatic hydroxyl groups is 3. The van der Waals surface area contributed by atoms with Crippen LogP contribution in [0.5, 0.6) is 5.75 Å². The van der Waals surface area contributed by atoms with Crippen molar-refractivity contribution in [2.24, 2.45) is 35.5 Å². The molecule has 1 aliphatic carbocycles. The van der Waals surface area contributed by atoms with E-state index in [0.29, 0.717) is 198 Å². The Balaban J connectivity index is 0.653. The summed E-state index contributed by atoms with van der Waals surface area (Å²) in [5.74, 6) is -7.52. The van der Waals surface area contributed by atoms with Gasteiger partial charge in [-0.2, -0.15) is 5.10 Å². The van der Waals surface area contributed by atoms with Gasteiger partial charge >= 0.3 is 12.1 Å². The number of benzene rings is 1. The number of methoxy groups -OCH3 is 3. The molecule has 2 saturated heterocycles. The number of cyclic esters (lactones) is 1. The molecule has 4 aromatic rings. The number of nitrogens with one attached hydrogen (secondary N) is 3. The van der Waals surface area contributed by atoms with Gasteiger partial charge in [0.05, 0.1) is 141 Å². The Morgan fingerprint density at radius 1 is 0.711 bits per heavy atom. The number of phenols is 1. The number of phenolic OH excluding ortho intramolecular Hbond substituents is 1. The summed E-state index contributed by atoms with van der Waals surface area (Å²) >= 11 is 0. The van der Waals surface area contributed by atoms with E-state index in [4.69, 9.17) is 77.1 Å². The molecule has 0 unspecified atom stereocenters. The summed E-state index contributed by atoms with van der Waals surface area (Å²) < 4.78 is 82.6. The number of anilines is 1. The van der Waals surface area contributed by atoms with Crippen LogP contribution in [-0.4, -0.2) is 293 Å². The number of ether oxygens (including phenoxy) is 14. The van der Waals surface area contributed by atoms with Gasteiger partial charge in [-0.1, -0.05) is 71.1 Å². The molecule has 3 fully saturated rings. The van der Waals surface area contributed by atoms with Gasteiger partial charge in [0.2, 0.25) is 11.7 Å². The van der Waals surface area contributed by atoms with Crippen LogP contribution in [0.25, 0.3) is 33.3 Å². The number of aryl methyl sites for hydroxylation is 1. The highest BCUT2D eigenvalue weighted by Crippen LogP contribution is 2.40. The first-order chi connectivity index (χ1) is 58.3. The summed E-state index contributed by atoms with van der Waals surface area (Å²) in [7, 11) is 4.52. The monoisotopic (exact) mass is 1700 g/mol. The van der Waals surface area contributed by atoms with Crippen LogP contribution < -0.4 is 16.4 Å². The number of allylic oxidation sites excluding steroid dienone is 5. The van der Waals surface area contributed by atoms with Crippen LogP contribution in [0.3, 0.4) is 0 Å². The minimum atomic E-state index is -2.47. The number of aromatic nitrogens is 5. The Hall–Kier alpha value is -7.71. The van der Waals surface area contributed by atoms with E-state index in [1.54, 1.807) is 63.9 Å². The fraction of sp³-hybridized carbons (Fsp3) is 0.693. The highest BCUT2D eigenvalue weighted by Gasteiger charge is 2.53. The lowest BCUT2D eigenvalue weighted by Gasteiger charge is -2.43. The molecule has 2 bridgehead atoms. The summed E-state index contributed by atoms with van der Waals surface area (Å²) in [5.41, 5.74) is 10.4. The Labute approximate surface area is 711 Å². The van der Waals surface area contributed by atoms with Gasteiger partial charge in [0, 0.05) is 95.4 Å². The number of aromatic amines is 1. The molecule has 9 N–H and O–H groups in total. The van der Waals surface area contributed by atoms with E-state index in [1.165, 1.54) is 18.3 Å². The zero-order chi connectivity index (χ0) is 87.2. The van der Waals surface area contributed by atoms with Crippen molar-refractivity contribution >= 4 is 63.2 Å². The van der Waals surface area contributed by atoms with Crippen molar-refractivity contribution in [2.45, 2.75) is 212 Å². The number of Topliss-reactive ketones (excluding diaryl/α,β-unsaturated/α-hetero) is 2. The molecule has 33 heteroatoms. The molecule has 3 amide bonds. The summed E-state index contributed by atoms with van der Waals surface area (Å²) in [4.78, 5) is 96.4. The van der Waals surface area contributed by atoms with Crippen molar-refractivity contribution in [1.29, 1.82) is 0 Å². The number of aliphatic hydroxyl groups excluding tert-OH is 2. The predicted octanol–water partition coefficient (Wildman–Crippen LogP) is 8.40. The van der Waals surface area contributed by atoms with Gasteiger partial charge in [0.25, 0.3) is 11.7 Å². The number of amides is 3. The van der Waals surface area contributed by atoms with Crippen LogP contribution in [0.15, 0.2) is 78.2 Å². The van der Waals surface area contributed by atoms with E-state index in [9.17, 15) is 49.2 Å². The number of nitrogen functional groups attached to an aromatic ring is 1. The lowest BCUT2D eigenvalue weighted by atomic mass is 9.78. The second-order valence-corrected chi connectivity index (χ2v) is 32.3. The van der Waals surface area contributed by atoms with Crippen molar-refractivity contribution in [3.63, 3.8) is 0 Å². The van der Waals surface area contributed by atoms with E-state index in [1.807, 2.05) is 64.1 Å². The standard InChI is InChI=1S/C88H135N9O24/c1-57-18-12-11-13-19-58(2)73(108-8)54-67-24-21-63(7)88(107,121-67)82(103)85(104)96-30-16-14-20-70(96)86(105)119-74(55-71(99)59(3)49-62(6)80(102)81(110-10)79(101)61(5)48-57)60(4)50-64-22-26-72(75(51-64)109-9)120-87(106)91-29-33-112-35-37-114-39-41-116-43-45-118-47-46-117-44-42-115-40-38-113-36-34-111-32-27-76(100)90-28-15-17-31-97-84-77(83(89)92-56-93-84)78(95-97)69-53-65-52-66(98)23-25-68(65)94-69/h11-13,18-19,23,25,49,52-53,56-57,59-61,63-64,67,70-75,80-81,94,98-99,102,107H,14-17,20-22,24,26-48,50-51,54-55H2,1-10H3,(H,90,100)(H,91,106)(H2,89,92,93)/b13-11+,18-12+,58-19+,62-49+/t57-,59-,60-,61-,63-,64+,67+,70+,71-,72-,73+,74+,75-,80-,81+,88-/m1/s1. The lowest BCUT2D eigenvalue weighted by molar-refractivity contribution is -0.265. The summed E-state index contributed by atoms with van der Waals surface area (Å²) in [6.07, 6.45) is 12.1. The smallest absolute Gasteiger partial charge is 0.407 e. The molecule has 33 nitrogen and oxygen atoms in total. The largest absolute Gasteiger partial charge is 0.508 e. The first-order valence-electron chi connectivity index (χ1n) is 43.1. The number of piperidine rings is 1. The van der Waals surface area contributed by atoms with Gasteiger partial charge < -0.3 is 113 Å². The average molecular weight is 1700 g/mol. The average Bonchev–Trinajstić information content (AvgIpc) is 1.69. The third kappa shape index (κ3) is 31.2. The Bertz CT molecular complexity index is 3960. The first kappa shape index (κ1) is 98.7. The van der Waals surface area contributed by atoms with Crippen LogP contribution in [0.2, 0.25) is 0 Å². The van der Waals surface area contributed by atoms with E-state index in [2.05, 4.69) is 25.6 Å². The van der Waals surface area contributed by atoms with Gasteiger partial charge in [-0.05, 0) is 144 Å². The molecule has 0 spiro atoms. The summed E-state index contributed by atoms with van der Waals surface area (Å²) in [6, 6.07) is 5.82. The number of hydrogen-bond donors (Lipinski definition) is 8. The SMILES string of the molecule is CO[C@H]1C[C@@H]2CC[C@@H](C)[C@@](O)(O2)C(=O)C(=O)N2CCCC[C@H]2C(=O)O[C@H]([C@H](C)C[C@@H]2CC[C@@H](OC(=O)NCCOCCOCCOCCOCCOCCOCCOCCOCCC(=O)NCCCCn3nc(-c4cc5cc(O)ccc5[nH]4)c4c(N)ncnc43)[C@H](OC)C2)C[C@@H](O)[C@H](C)/C=C(\C)[C@@H](O)[C@@H](OC)C(=O)[C@H](C)C[C@H](C)/C=C/C=C/C=C/1C. The molecule has 4 aliphatic rings. The van der Waals surface area contributed by atoms with Crippen molar-refractivity contribution in [2.75, 3.05) is 152 Å². The number of nitrogens with zero attached hydrogens (tertiary/aromatic N) is 5. The van der Waals surface area contributed by atoms with Gasteiger partial charge in [0.15, 0.2) is 11.4 Å². The second kappa shape index (κ2) is 52.2. The molecule has 16 atom stereocenters. The summed E-state index contributed by atoms with van der Waals surface area (Å²) in [6.45, 7) is 19.9. The van der Waals surface area contributed by atoms with E-state index < -0.39 is 102 Å². The number of aromatic hydroxyl groups is 1. The van der Waals surface area contributed by atoms with Crippen LogP contribution in [0.4, 0.5) is 10.6 Å². The second-order valence-electron chi connectivity index (χ2n) is 32.3. The highest BCUT2D eigenvalue weighted by atomic mass is 16.6. The van der Waals surface area contributed by atoms with Crippen LogP contribution in [0, 0.1) is 35.5 Å². The maximum absolute atomic E-state index is 14.8. The number of carbonyl (C=O) groups excluding carboxylic acids is 6. The number of hydrogen-bond acceptors (Lipinski definition) is 28. The molecular formula is C88H135N9O24. The zero-order valence-electron chi connectivity index (χ0n) is 72.5. The number of alkyl carbamates (subject to hydrolysis) is 1. The zero-order valence-corrected chi connectivity index (χ0v) is 72.5. The number of nitrogens with two attached hydrogens (primary N) is 1. The summed E-state index contributed by atoms with van der Waals surface area (Å²) in [5, 5.41) is 57.8. The molecule has 121 heavy (non-hydrogen) atoms. The van der Waals surface area contributed by atoms with E-state index in [-0.39, 0.29) is 80.8 Å². The maximum Gasteiger partial charge on any atom is 0.407 e. The first-order valence-corrected chi connectivity index (χ1v) is 43.1. The van der Waals surface area contributed by atoms with Gasteiger partial charge in [0.1, 0.15) is 54.0 Å². The fourth-order valence-electron chi connectivity index (χ4n) is 15.9. The Morgan fingerprint density at radius 3 is 2.02 bits per heavy atom.